The van der Waals surface area contributed by atoms with Crippen LogP contribution in [0.5, 0.6) is 0 Å². The first kappa shape index (κ1) is 16.0. The van der Waals surface area contributed by atoms with Gasteiger partial charge in [0.2, 0.25) is 5.91 Å². The van der Waals surface area contributed by atoms with E-state index >= 15 is 0 Å². The van der Waals surface area contributed by atoms with E-state index in [4.69, 9.17) is 10.9 Å². The summed E-state index contributed by atoms with van der Waals surface area (Å²) in [7, 11) is 1.73. The van der Waals surface area contributed by atoms with Gasteiger partial charge in [0, 0.05) is 13.6 Å². The molecule has 0 radical (unpaired) electrons. The maximum Gasteiger partial charge on any atom is 0.233 e. The van der Waals surface area contributed by atoms with E-state index in [1.165, 1.54) is 5.56 Å². The molecule has 1 aromatic carbocycles. The van der Waals surface area contributed by atoms with E-state index in [9.17, 15) is 4.79 Å². The number of rotatable bonds is 6. The number of hydrogen-bond acceptors (Lipinski definition) is 3. The molecule has 0 aliphatic heterocycles. The van der Waals surface area contributed by atoms with E-state index in [1.54, 1.807) is 11.9 Å². The molecule has 1 unspecified atom stereocenters. The van der Waals surface area contributed by atoms with Gasteiger partial charge in [-0.2, -0.15) is 0 Å². The molecule has 0 aliphatic carbocycles. The monoisotopic (exact) mass is 277 g/mol. The molecule has 1 atom stereocenters. The predicted octanol–water partition coefficient (Wildman–Crippen LogP) is 2.12. The molecule has 3 N–H and O–H groups in total. The van der Waals surface area contributed by atoms with Gasteiger partial charge in [-0.05, 0) is 18.9 Å². The SMILES string of the molecule is CCCC(C(=O)N(C)Cc1ccc(C)cc1)C(N)=NO. The Morgan fingerprint density at radius 3 is 2.50 bits per heavy atom. The van der Waals surface area contributed by atoms with Crippen molar-refractivity contribution in [2.24, 2.45) is 16.8 Å². The molecule has 0 aromatic heterocycles. The van der Waals surface area contributed by atoms with Crippen molar-refractivity contribution >= 4 is 11.7 Å². The van der Waals surface area contributed by atoms with Gasteiger partial charge in [0.15, 0.2) is 5.84 Å². The van der Waals surface area contributed by atoms with Crippen LogP contribution in [0.1, 0.15) is 30.9 Å². The predicted molar refractivity (Wildman–Crippen MR) is 79.5 cm³/mol. The highest BCUT2D eigenvalue weighted by Crippen LogP contribution is 2.13. The molecule has 0 saturated heterocycles. The summed E-state index contributed by atoms with van der Waals surface area (Å²) in [5.74, 6) is -0.698. The second-order valence-electron chi connectivity index (χ2n) is 5.05. The van der Waals surface area contributed by atoms with Crippen LogP contribution in [0.25, 0.3) is 0 Å². The Labute approximate surface area is 120 Å². The zero-order chi connectivity index (χ0) is 15.1. The third-order valence-corrected chi connectivity index (χ3v) is 3.26. The number of carbonyl (C=O) groups excluding carboxylic acids is 1. The number of nitrogens with two attached hydrogens (primary N) is 1. The van der Waals surface area contributed by atoms with E-state index in [2.05, 4.69) is 5.16 Å². The lowest BCUT2D eigenvalue weighted by Crippen LogP contribution is -2.39. The number of amides is 1. The van der Waals surface area contributed by atoms with Crippen LogP contribution in [0.15, 0.2) is 29.4 Å². The standard InChI is InChI=1S/C15H23N3O2/c1-4-5-13(14(16)17-20)15(19)18(3)10-12-8-6-11(2)7-9-12/h6-9,13,20H,4-5,10H2,1-3H3,(H2,16,17). The first-order valence-corrected chi connectivity index (χ1v) is 6.77. The maximum absolute atomic E-state index is 12.4. The molecular weight excluding hydrogens is 254 g/mol. The summed E-state index contributed by atoms with van der Waals surface area (Å²) in [6, 6.07) is 8.02. The number of nitrogens with zero attached hydrogens (tertiary/aromatic N) is 2. The average molecular weight is 277 g/mol. The molecule has 1 rings (SSSR count). The van der Waals surface area contributed by atoms with E-state index in [0.29, 0.717) is 13.0 Å². The van der Waals surface area contributed by atoms with Crippen molar-refractivity contribution in [1.82, 2.24) is 4.90 Å². The summed E-state index contributed by atoms with van der Waals surface area (Å²) >= 11 is 0. The van der Waals surface area contributed by atoms with Crippen molar-refractivity contribution in [3.8, 4) is 0 Å². The number of oxime groups is 1. The minimum atomic E-state index is -0.555. The van der Waals surface area contributed by atoms with Gasteiger partial charge in [0.1, 0.15) is 0 Å². The van der Waals surface area contributed by atoms with Crippen LogP contribution in [-0.2, 0) is 11.3 Å². The normalized spacial score (nSPS) is 13.1. The van der Waals surface area contributed by atoms with E-state index in [0.717, 1.165) is 12.0 Å². The topological polar surface area (TPSA) is 78.9 Å². The number of carbonyl (C=O) groups is 1. The molecule has 0 spiro atoms. The van der Waals surface area contributed by atoms with Crippen LogP contribution < -0.4 is 5.73 Å². The van der Waals surface area contributed by atoms with Gasteiger partial charge in [-0.3, -0.25) is 4.79 Å². The highest BCUT2D eigenvalue weighted by atomic mass is 16.4. The van der Waals surface area contributed by atoms with Crippen LogP contribution in [0.3, 0.4) is 0 Å². The summed E-state index contributed by atoms with van der Waals surface area (Å²) in [6.07, 6.45) is 1.37. The van der Waals surface area contributed by atoms with Gasteiger partial charge in [-0.15, -0.1) is 0 Å². The van der Waals surface area contributed by atoms with Gasteiger partial charge < -0.3 is 15.8 Å². The molecule has 1 amide bonds. The van der Waals surface area contributed by atoms with Gasteiger partial charge in [-0.1, -0.05) is 48.3 Å². The second-order valence-corrected chi connectivity index (χ2v) is 5.05. The molecule has 5 nitrogen and oxygen atoms in total. The lowest BCUT2D eigenvalue weighted by Gasteiger charge is -2.23. The lowest BCUT2D eigenvalue weighted by molar-refractivity contribution is -0.132. The van der Waals surface area contributed by atoms with E-state index < -0.39 is 5.92 Å². The lowest BCUT2D eigenvalue weighted by atomic mass is 10.0. The number of aryl methyl sites for hydroxylation is 1. The fourth-order valence-corrected chi connectivity index (χ4v) is 2.07. The molecule has 110 valence electrons. The quantitative estimate of drug-likeness (QED) is 0.362. The minimum Gasteiger partial charge on any atom is -0.409 e. The van der Waals surface area contributed by atoms with Crippen LogP contribution in [0.4, 0.5) is 0 Å². The molecule has 0 fully saturated rings. The third kappa shape index (κ3) is 4.26. The van der Waals surface area contributed by atoms with E-state index in [1.807, 2.05) is 38.1 Å². The van der Waals surface area contributed by atoms with Crippen molar-refractivity contribution in [3.63, 3.8) is 0 Å². The summed E-state index contributed by atoms with van der Waals surface area (Å²) in [4.78, 5) is 14.0. The van der Waals surface area contributed by atoms with Crippen LogP contribution in [-0.4, -0.2) is 28.9 Å². The Bertz CT molecular complexity index is 469. The summed E-state index contributed by atoms with van der Waals surface area (Å²) < 4.78 is 0. The van der Waals surface area contributed by atoms with Gasteiger partial charge in [0.25, 0.3) is 0 Å². The van der Waals surface area contributed by atoms with Crippen molar-refractivity contribution in [2.75, 3.05) is 7.05 Å². The largest absolute Gasteiger partial charge is 0.409 e. The van der Waals surface area contributed by atoms with Crippen molar-refractivity contribution in [1.29, 1.82) is 0 Å². The number of amidine groups is 1. The maximum atomic E-state index is 12.4. The van der Waals surface area contributed by atoms with Crippen molar-refractivity contribution < 1.29 is 10.0 Å². The molecule has 0 heterocycles. The molecule has 5 heteroatoms. The Kier molecular flexibility index (Phi) is 6.03. The third-order valence-electron chi connectivity index (χ3n) is 3.26. The second kappa shape index (κ2) is 7.53. The average Bonchev–Trinajstić information content (AvgIpc) is 2.45. The first-order chi connectivity index (χ1) is 9.49. The Morgan fingerprint density at radius 2 is 2.00 bits per heavy atom. The summed E-state index contributed by atoms with van der Waals surface area (Å²) in [5.41, 5.74) is 7.85. The van der Waals surface area contributed by atoms with Crippen LogP contribution in [0.2, 0.25) is 0 Å². The summed E-state index contributed by atoms with van der Waals surface area (Å²) in [6.45, 7) is 4.50. The molecular formula is C15H23N3O2. The van der Waals surface area contributed by atoms with Gasteiger partial charge in [0.05, 0.1) is 5.92 Å². The smallest absolute Gasteiger partial charge is 0.233 e. The van der Waals surface area contributed by atoms with Crippen molar-refractivity contribution in [2.45, 2.75) is 33.2 Å². The first-order valence-electron chi connectivity index (χ1n) is 6.77. The molecule has 1 aromatic rings. The van der Waals surface area contributed by atoms with Crippen molar-refractivity contribution in [3.05, 3.63) is 35.4 Å². The highest BCUT2D eigenvalue weighted by molar-refractivity contribution is 6.01. The number of benzene rings is 1. The van der Waals surface area contributed by atoms with E-state index in [-0.39, 0.29) is 11.7 Å². The Morgan fingerprint density at radius 1 is 1.40 bits per heavy atom. The van der Waals surface area contributed by atoms with Crippen LogP contribution in [0, 0.1) is 12.8 Å². The molecule has 0 saturated carbocycles. The minimum absolute atomic E-state index is 0.0207. The highest BCUT2D eigenvalue weighted by Gasteiger charge is 2.25. The Hall–Kier alpha value is -2.04. The number of hydrogen-bond donors (Lipinski definition) is 2. The van der Waals surface area contributed by atoms with Gasteiger partial charge in [-0.25, -0.2) is 0 Å². The molecule has 20 heavy (non-hydrogen) atoms. The summed E-state index contributed by atoms with van der Waals surface area (Å²) in [5, 5.41) is 11.8. The zero-order valence-corrected chi connectivity index (χ0v) is 12.3. The van der Waals surface area contributed by atoms with Crippen LogP contribution >= 0.6 is 0 Å². The zero-order valence-electron chi connectivity index (χ0n) is 12.3. The fraction of sp³-hybridized carbons (Fsp3) is 0.467. The fourth-order valence-electron chi connectivity index (χ4n) is 2.07. The Balaban J connectivity index is 2.76. The molecule has 0 aliphatic rings. The molecule has 0 bridgehead atoms. The van der Waals surface area contributed by atoms with Gasteiger partial charge >= 0.3 is 0 Å².